The first-order valence-corrected chi connectivity index (χ1v) is 21.5. The number of likely N-dealkylation sites (N-methyl/N-ethyl adjacent to an activating group) is 2. The minimum absolute atomic E-state index is 0.0725. The number of hydrogen-bond donors (Lipinski definition) is 5. The zero-order valence-corrected chi connectivity index (χ0v) is 36.2. The minimum Gasteiger partial charge on any atom is -0.459 e. The van der Waals surface area contributed by atoms with E-state index in [1.54, 1.807) is 62.4 Å². The molecule has 5 N–H and O–H groups in total. The van der Waals surface area contributed by atoms with Crippen molar-refractivity contribution in [2.75, 3.05) is 34.0 Å². The van der Waals surface area contributed by atoms with Gasteiger partial charge in [-0.2, -0.15) is 4.31 Å². The van der Waals surface area contributed by atoms with Crippen molar-refractivity contribution >= 4 is 16.0 Å². The van der Waals surface area contributed by atoms with Crippen LogP contribution in [0.3, 0.4) is 0 Å². The molecule has 3 aliphatic heterocycles. The van der Waals surface area contributed by atoms with Crippen molar-refractivity contribution in [1.82, 2.24) is 9.21 Å². The number of methoxy groups -OCH3 is 1. The van der Waals surface area contributed by atoms with Crippen LogP contribution in [0.15, 0.2) is 0 Å². The van der Waals surface area contributed by atoms with Crippen LogP contribution in [0.1, 0.15) is 94.9 Å². The van der Waals surface area contributed by atoms with Gasteiger partial charge in [-0.15, -0.1) is 0 Å². The van der Waals surface area contributed by atoms with Crippen LogP contribution in [0.2, 0.25) is 0 Å². The second-order valence-corrected chi connectivity index (χ2v) is 19.5. The zero-order chi connectivity index (χ0) is 42.2. The second-order valence-electron chi connectivity index (χ2n) is 17.5. The van der Waals surface area contributed by atoms with Crippen molar-refractivity contribution in [3.05, 3.63) is 0 Å². The van der Waals surface area contributed by atoms with Gasteiger partial charge in [-0.3, -0.25) is 4.79 Å². The Balaban J connectivity index is 2.20. The lowest BCUT2D eigenvalue weighted by Gasteiger charge is -2.48. The number of carbonyl (C=O) groups is 1. The Bertz CT molecular complexity index is 1370. The maximum absolute atomic E-state index is 14.2. The number of carbonyl (C=O) groups excluding carboxylic acids is 1. The fourth-order valence-corrected chi connectivity index (χ4v) is 9.53. The standard InChI is InChI=1S/C38H72N2O14S/c1-15-27-38(10,46)31(42)24(6)39(11)19-20(2)17-36(8,45)33(54-35-29(41)26(16-21(3)50-35)40(12)55(14,47)48)22(4)30(23(5)34(44)52-27)53-28-18-37(9,49-13)32(43)25(7)51-28/h20-33,35,41-43,45-46H,15-19H2,1-14H3/t20-,21-,22+,23-,24-,25+,26+,27-,28+,29-,30+,31-,32+,33-,35+,36-,37-,38-/m1/s1. The Labute approximate surface area is 328 Å². The summed E-state index contributed by atoms with van der Waals surface area (Å²) in [6, 6.07) is -1.49. The summed E-state index contributed by atoms with van der Waals surface area (Å²) in [5.41, 5.74) is -4.61. The third-order valence-corrected chi connectivity index (χ3v) is 13.9. The molecule has 0 saturated carbocycles. The van der Waals surface area contributed by atoms with E-state index in [4.69, 9.17) is 28.4 Å². The van der Waals surface area contributed by atoms with Gasteiger partial charge in [0.1, 0.15) is 30.0 Å². The molecule has 16 nitrogen and oxygen atoms in total. The van der Waals surface area contributed by atoms with Crippen LogP contribution < -0.4 is 0 Å². The van der Waals surface area contributed by atoms with Crippen LogP contribution in [-0.2, 0) is 43.2 Å². The van der Waals surface area contributed by atoms with E-state index in [1.165, 1.54) is 21.1 Å². The number of nitrogens with zero attached hydrogens (tertiary/aromatic N) is 2. The van der Waals surface area contributed by atoms with Crippen LogP contribution >= 0.6 is 0 Å². The van der Waals surface area contributed by atoms with Gasteiger partial charge in [0.05, 0.1) is 53.8 Å². The molecule has 0 radical (unpaired) electrons. The van der Waals surface area contributed by atoms with Crippen molar-refractivity contribution in [3.8, 4) is 0 Å². The fourth-order valence-electron chi connectivity index (χ4n) is 8.83. The van der Waals surface area contributed by atoms with Crippen LogP contribution in [0, 0.1) is 17.8 Å². The van der Waals surface area contributed by atoms with E-state index in [0.29, 0.717) is 6.54 Å². The van der Waals surface area contributed by atoms with E-state index in [-0.39, 0.29) is 31.6 Å². The summed E-state index contributed by atoms with van der Waals surface area (Å²) in [5.74, 6) is -2.96. The highest BCUT2D eigenvalue weighted by molar-refractivity contribution is 7.88. The molecular weight excluding hydrogens is 740 g/mol. The molecule has 3 rings (SSSR count). The highest BCUT2D eigenvalue weighted by atomic mass is 32.2. The van der Waals surface area contributed by atoms with Crippen molar-refractivity contribution in [1.29, 1.82) is 0 Å². The average Bonchev–Trinajstić information content (AvgIpc) is 3.08. The first-order valence-electron chi connectivity index (χ1n) is 19.6. The topological polar surface area (TPSA) is 214 Å². The molecule has 0 spiro atoms. The number of rotatable bonds is 8. The second kappa shape index (κ2) is 18.5. The molecule has 0 amide bonds. The van der Waals surface area contributed by atoms with Crippen molar-refractivity contribution in [2.45, 2.75) is 185 Å². The summed E-state index contributed by atoms with van der Waals surface area (Å²) >= 11 is 0. The van der Waals surface area contributed by atoms with E-state index < -0.39 is 118 Å². The first-order chi connectivity index (χ1) is 25.1. The van der Waals surface area contributed by atoms with Crippen LogP contribution in [0.4, 0.5) is 0 Å². The minimum atomic E-state index is -3.72. The third-order valence-electron chi connectivity index (χ3n) is 12.5. The van der Waals surface area contributed by atoms with Crippen molar-refractivity contribution < 1.29 is 67.2 Å². The first kappa shape index (κ1) is 48.3. The molecule has 3 heterocycles. The molecule has 17 heteroatoms. The van der Waals surface area contributed by atoms with E-state index in [1.807, 2.05) is 11.8 Å². The molecule has 0 aromatic rings. The van der Waals surface area contributed by atoms with Gasteiger partial charge in [0.2, 0.25) is 10.0 Å². The number of sulfonamides is 1. The van der Waals surface area contributed by atoms with Gasteiger partial charge in [-0.05, 0) is 80.7 Å². The van der Waals surface area contributed by atoms with Gasteiger partial charge in [0.15, 0.2) is 12.6 Å². The van der Waals surface area contributed by atoms with Gasteiger partial charge >= 0.3 is 5.97 Å². The molecule has 3 saturated heterocycles. The predicted octanol–water partition coefficient (Wildman–Crippen LogP) is 1.23. The molecule has 18 atom stereocenters. The molecule has 0 unspecified atom stereocenters. The number of cyclic esters (lactones) is 1. The average molecular weight is 813 g/mol. The van der Waals surface area contributed by atoms with Crippen LogP contribution in [0.5, 0.6) is 0 Å². The molecule has 55 heavy (non-hydrogen) atoms. The maximum atomic E-state index is 14.2. The molecule has 0 aromatic carbocycles. The van der Waals surface area contributed by atoms with Crippen molar-refractivity contribution in [3.63, 3.8) is 0 Å². The molecule has 324 valence electrons. The smallest absolute Gasteiger partial charge is 0.311 e. The number of ether oxygens (including phenoxy) is 6. The van der Waals surface area contributed by atoms with Gasteiger partial charge < -0.3 is 58.9 Å². The Morgan fingerprint density at radius 2 is 1.56 bits per heavy atom. The molecule has 3 aliphatic rings. The Kier molecular flexibility index (Phi) is 16.2. The SMILES string of the molecule is CC[C@H]1OC(=O)[C@H](C)[C@@H](O[C@H]2C[C@@](C)(OC)[C@@H](O)[C@H](C)O2)[C@H](C)[C@@H](O[C@@H]2O[C@H](C)C[C@H](N(C)S(C)(=O)=O)[C@H]2O)[C@](C)(O)C[C@@H](C)CN(C)[C@H](C)[C@@H](O)[C@]1(C)O. The molecule has 0 aliphatic carbocycles. The largest absolute Gasteiger partial charge is 0.459 e. The van der Waals surface area contributed by atoms with Crippen LogP contribution in [0.25, 0.3) is 0 Å². The summed E-state index contributed by atoms with van der Waals surface area (Å²) in [6.07, 6.45) is -9.28. The summed E-state index contributed by atoms with van der Waals surface area (Å²) in [6.45, 7) is 17.3. The number of hydrogen-bond acceptors (Lipinski definition) is 15. The van der Waals surface area contributed by atoms with E-state index in [0.717, 1.165) is 10.6 Å². The summed E-state index contributed by atoms with van der Waals surface area (Å²) < 4.78 is 63.5. The monoisotopic (exact) mass is 812 g/mol. The Hall–Kier alpha value is -1.06. The Morgan fingerprint density at radius 1 is 0.964 bits per heavy atom. The lowest BCUT2D eigenvalue weighted by atomic mass is 9.77. The summed E-state index contributed by atoms with van der Waals surface area (Å²) in [5, 5.41) is 58.3. The third kappa shape index (κ3) is 11.0. The molecule has 0 bridgehead atoms. The normalized spacial score (nSPS) is 47.9. The number of aliphatic hydroxyl groups is 5. The van der Waals surface area contributed by atoms with Crippen molar-refractivity contribution in [2.24, 2.45) is 17.8 Å². The van der Waals surface area contributed by atoms with E-state index >= 15 is 0 Å². The number of esters is 1. The molecular formula is C38H72N2O14S. The highest BCUT2D eigenvalue weighted by Gasteiger charge is 2.53. The zero-order valence-electron chi connectivity index (χ0n) is 35.4. The lowest BCUT2D eigenvalue weighted by Crippen LogP contribution is -2.61. The van der Waals surface area contributed by atoms with Gasteiger partial charge in [-0.25, -0.2) is 8.42 Å². The highest BCUT2D eigenvalue weighted by Crippen LogP contribution is 2.40. The Morgan fingerprint density at radius 3 is 2.11 bits per heavy atom. The van der Waals surface area contributed by atoms with Gasteiger partial charge in [-0.1, -0.05) is 20.8 Å². The van der Waals surface area contributed by atoms with Gasteiger partial charge in [0, 0.05) is 39.1 Å². The lowest BCUT2D eigenvalue weighted by molar-refractivity contribution is -0.317. The molecule has 0 aromatic heterocycles. The van der Waals surface area contributed by atoms with Gasteiger partial charge in [0.25, 0.3) is 0 Å². The summed E-state index contributed by atoms with van der Waals surface area (Å²) in [4.78, 5) is 16.1. The molecule has 3 fully saturated rings. The predicted molar refractivity (Wildman–Crippen MR) is 203 cm³/mol. The maximum Gasteiger partial charge on any atom is 0.311 e. The fraction of sp³-hybridized carbons (Fsp3) is 0.974. The summed E-state index contributed by atoms with van der Waals surface area (Å²) in [7, 11) is 0.929. The van der Waals surface area contributed by atoms with E-state index in [9.17, 15) is 38.7 Å². The van der Waals surface area contributed by atoms with E-state index in [2.05, 4.69) is 0 Å². The quantitative estimate of drug-likeness (QED) is 0.218. The number of aliphatic hydroxyl groups excluding tert-OH is 3. The van der Waals surface area contributed by atoms with Crippen LogP contribution in [-0.4, -0.2) is 173 Å².